The molecule has 0 aromatic heterocycles. The van der Waals surface area contributed by atoms with Gasteiger partial charge in [-0.1, -0.05) is 0 Å². The molecule has 0 spiro atoms. The summed E-state index contributed by atoms with van der Waals surface area (Å²) in [4.78, 5) is 21.6. The van der Waals surface area contributed by atoms with Crippen LogP contribution in [0.15, 0.2) is 0 Å². The van der Waals surface area contributed by atoms with E-state index >= 15 is 0 Å². The first-order valence-electron chi connectivity index (χ1n) is 5.04. The summed E-state index contributed by atoms with van der Waals surface area (Å²) >= 11 is 0. The summed E-state index contributed by atoms with van der Waals surface area (Å²) in [5.41, 5.74) is 0. The Bertz CT molecular complexity index is 265. The molecule has 1 rings (SSSR count). The number of ether oxygens (including phenoxy) is 1. The fraction of sp³-hybridized carbons (Fsp3) is 0.778. The molecule has 1 heterocycles. The van der Waals surface area contributed by atoms with Crippen LogP contribution in [-0.4, -0.2) is 73.8 Å². The molecule has 0 saturated carbocycles. The van der Waals surface area contributed by atoms with E-state index in [2.05, 4.69) is 0 Å². The van der Waals surface area contributed by atoms with Crippen LogP contribution in [0.25, 0.3) is 0 Å². The maximum atomic E-state index is 11.0. The molecule has 0 amide bonds. The van der Waals surface area contributed by atoms with Gasteiger partial charge in [0.05, 0.1) is 17.6 Å². The molecule has 0 aromatic rings. The third-order valence-electron chi connectivity index (χ3n) is 2.91. The fourth-order valence-electron chi connectivity index (χ4n) is 1.97. The van der Waals surface area contributed by atoms with E-state index in [-0.39, 0.29) is 36.0 Å². The minimum absolute atomic E-state index is 0. The molecular weight excluding hydrogens is 239 g/mol. The number of carbonyl (C=O) groups is 2. The molecule has 2 atom stereocenters. The summed E-state index contributed by atoms with van der Waals surface area (Å²) in [6.45, 7) is 0.549. The molecule has 88 valence electrons. The monoisotopic (exact) mass is 256 g/mol. The van der Waals surface area contributed by atoms with Gasteiger partial charge in [0, 0.05) is 16.8 Å². The predicted molar refractivity (Wildman–Crippen MR) is 63.0 cm³/mol. The van der Waals surface area contributed by atoms with Crippen molar-refractivity contribution >= 4 is 51.7 Å². The average Bonchev–Trinajstić information content (AvgIpc) is 2.14. The van der Waals surface area contributed by atoms with Crippen molar-refractivity contribution in [3.05, 3.63) is 0 Å². The topological polar surface area (TPSA) is 83.8 Å². The van der Waals surface area contributed by atoms with Crippen LogP contribution in [0.4, 0.5) is 0 Å². The van der Waals surface area contributed by atoms with Gasteiger partial charge in [0.15, 0.2) is 0 Å². The van der Waals surface area contributed by atoms with Gasteiger partial charge in [0.1, 0.15) is 0 Å². The SMILES string of the molecule is O=C(O)CC(C(=O)O)C1([SiH3])CCCCO1.[NaH]. The van der Waals surface area contributed by atoms with E-state index < -0.39 is 23.1 Å². The molecule has 2 unspecified atom stereocenters. The summed E-state index contributed by atoms with van der Waals surface area (Å²) in [6.07, 6.45) is 2.18. The molecule has 1 fully saturated rings. The van der Waals surface area contributed by atoms with Crippen molar-refractivity contribution in [2.45, 2.75) is 30.9 Å². The summed E-state index contributed by atoms with van der Waals surface area (Å²) < 4.78 is 5.51. The quantitative estimate of drug-likeness (QED) is 0.616. The van der Waals surface area contributed by atoms with Crippen molar-refractivity contribution in [2.24, 2.45) is 5.92 Å². The summed E-state index contributed by atoms with van der Waals surface area (Å²) in [5.74, 6) is -3.04. The molecular formula is C9H17NaO5Si. The number of hydrogen-bond acceptors (Lipinski definition) is 3. The third-order valence-corrected chi connectivity index (χ3v) is 4.40. The number of rotatable bonds is 4. The van der Waals surface area contributed by atoms with Crippen LogP contribution in [-0.2, 0) is 14.3 Å². The van der Waals surface area contributed by atoms with Crippen LogP contribution in [0.1, 0.15) is 25.7 Å². The van der Waals surface area contributed by atoms with Gasteiger partial charge in [-0.05, 0) is 19.3 Å². The van der Waals surface area contributed by atoms with E-state index in [1.165, 1.54) is 0 Å². The Balaban J connectivity index is 0.00000225. The Hall–Kier alpha value is 0.117. The minimum atomic E-state index is -1.08. The normalized spacial score (nSPS) is 26.8. The Kier molecular flexibility index (Phi) is 6.81. The van der Waals surface area contributed by atoms with Gasteiger partial charge in [0.2, 0.25) is 0 Å². The van der Waals surface area contributed by atoms with Crippen molar-refractivity contribution in [1.82, 2.24) is 0 Å². The van der Waals surface area contributed by atoms with E-state index in [0.29, 0.717) is 23.3 Å². The zero-order valence-corrected chi connectivity index (χ0v) is 10.7. The standard InChI is InChI=1S/C9H16O5Si.Na.H/c10-7(11)5-6(8(12)13)9(15)3-1-2-4-14-9;;/h6H,1-5H2,15H3,(H,10,11)(H,12,13);;. The van der Waals surface area contributed by atoms with Gasteiger partial charge in [-0.3, -0.25) is 9.59 Å². The zero-order chi connectivity index (χ0) is 11.5. The first-order chi connectivity index (χ1) is 6.96. The van der Waals surface area contributed by atoms with Gasteiger partial charge < -0.3 is 14.9 Å². The predicted octanol–water partition coefficient (Wildman–Crippen LogP) is -1.22. The average molecular weight is 256 g/mol. The van der Waals surface area contributed by atoms with E-state index in [1.807, 2.05) is 0 Å². The molecule has 0 bridgehead atoms. The first kappa shape index (κ1) is 16.1. The second-order valence-electron chi connectivity index (χ2n) is 4.11. The maximum absolute atomic E-state index is 11.0. The summed E-state index contributed by atoms with van der Waals surface area (Å²) in [5, 5.41) is 17.0. The Morgan fingerprint density at radius 3 is 2.38 bits per heavy atom. The van der Waals surface area contributed by atoms with Crippen molar-refractivity contribution in [3.63, 3.8) is 0 Å². The molecule has 7 heteroatoms. The van der Waals surface area contributed by atoms with Gasteiger partial charge in [0.25, 0.3) is 0 Å². The van der Waals surface area contributed by atoms with Gasteiger partial charge in [-0.25, -0.2) is 0 Å². The van der Waals surface area contributed by atoms with Gasteiger partial charge >= 0.3 is 41.5 Å². The van der Waals surface area contributed by atoms with Crippen molar-refractivity contribution < 1.29 is 24.5 Å². The van der Waals surface area contributed by atoms with Crippen LogP contribution in [0.3, 0.4) is 0 Å². The van der Waals surface area contributed by atoms with Gasteiger partial charge in [-0.15, -0.1) is 0 Å². The molecule has 0 radical (unpaired) electrons. The molecule has 1 aliphatic heterocycles. The van der Waals surface area contributed by atoms with E-state index in [1.54, 1.807) is 0 Å². The van der Waals surface area contributed by atoms with Crippen LogP contribution in [0.5, 0.6) is 0 Å². The zero-order valence-electron chi connectivity index (χ0n) is 8.73. The number of aliphatic carboxylic acids is 2. The fourth-order valence-corrected chi connectivity index (χ4v) is 2.98. The molecule has 16 heavy (non-hydrogen) atoms. The van der Waals surface area contributed by atoms with Crippen molar-refractivity contribution in [1.29, 1.82) is 0 Å². The first-order valence-corrected chi connectivity index (χ1v) is 6.04. The summed E-state index contributed by atoms with van der Waals surface area (Å²) in [7, 11) is 0.550. The van der Waals surface area contributed by atoms with Crippen molar-refractivity contribution in [3.8, 4) is 0 Å². The molecule has 1 saturated heterocycles. The Morgan fingerprint density at radius 1 is 1.38 bits per heavy atom. The van der Waals surface area contributed by atoms with Crippen LogP contribution >= 0.6 is 0 Å². The van der Waals surface area contributed by atoms with E-state index in [9.17, 15) is 9.59 Å². The van der Waals surface area contributed by atoms with E-state index in [0.717, 1.165) is 12.8 Å². The molecule has 5 nitrogen and oxygen atoms in total. The molecule has 0 aromatic carbocycles. The Labute approximate surface area is 119 Å². The van der Waals surface area contributed by atoms with Crippen LogP contribution < -0.4 is 0 Å². The van der Waals surface area contributed by atoms with Crippen LogP contribution in [0.2, 0.25) is 0 Å². The Morgan fingerprint density at radius 2 is 2.00 bits per heavy atom. The second kappa shape index (κ2) is 6.76. The summed E-state index contributed by atoms with van der Waals surface area (Å²) in [6, 6.07) is 0. The second-order valence-corrected chi connectivity index (χ2v) is 5.80. The number of hydrogen-bond donors (Lipinski definition) is 2. The molecule has 2 N–H and O–H groups in total. The third kappa shape index (κ3) is 4.18. The van der Waals surface area contributed by atoms with Gasteiger partial charge in [-0.2, -0.15) is 0 Å². The molecule has 0 aliphatic carbocycles. The van der Waals surface area contributed by atoms with Crippen LogP contribution in [0, 0.1) is 5.92 Å². The van der Waals surface area contributed by atoms with E-state index in [4.69, 9.17) is 14.9 Å². The van der Waals surface area contributed by atoms with Crippen molar-refractivity contribution in [2.75, 3.05) is 6.61 Å². The molecule has 1 aliphatic rings. The number of carboxylic acid groups (broad SMARTS) is 2. The number of carboxylic acids is 2.